The minimum Gasteiger partial charge on any atom is -0.369 e. The van der Waals surface area contributed by atoms with E-state index in [2.05, 4.69) is 61.4 Å². The summed E-state index contributed by atoms with van der Waals surface area (Å²) in [5.74, 6) is 0.825. The third kappa shape index (κ3) is 4.58. The van der Waals surface area contributed by atoms with Gasteiger partial charge < -0.3 is 5.32 Å². The van der Waals surface area contributed by atoms with Gasteiger partial charge in [-0.25, -0.2) is 4.98 Å². The number of nitrogens with one attached hydrogen (secondary N) is 1. The predicted octanol–water partition coefficient (Wildman–Crippen LogP) is 3.30. The summed E-state index contributed by atoms with van der Waals surface area (Å²) >= 11 is 3.49. The number of rotatable bonds is 6. The van der Waals surface area contributed by atoms with Crippen molar-refractivity contribution in [1.29, 1.82) is 0 Å². The van der Waals surface area contributed by atoms with E-state index in [0.29, 0.717) is 0 Å². The van der Waals surface area contributed by atoms with Crippen LogP contribution in [0.25, 0.3) is 0 Å². The van der Waals surface area contributed by atoms with E-state index in [9.17, 15) is 0 Å². The van der Waals surface area contributed by atoms with Gasteiger partial charge in [-0.3, -0.25) is 9.88 Å². The average Bonchev–Trinajstić information content (AvgIpc) is 2.41. The maximum Gasteiger partial charge on any atom is 0.144 e. The van der Waals surface area contributed by atoms with Crippen LogP contribution in [0.4, 0.5) is 5.82 Å². The van der Waals surface area contributed by atoms with Gasteiger partial charge in [0.15, 0.2) is 0 Å². The molecule has 0 unspecified atom stereocenters. The molecule has 2 aromatic rings. The fourth-order valence-corrected chi connectivity index (χ4v) is 2.43. The van der Waals surface area contributed by atoms with Crippen molar-refractivity contribution in [2.45, 2.75) is 20.0 Å². The van der Waals surface area contributed by atoms with E-state index in [1.807, 2.05) is 19.2 Å². The second kappa shape index (κ2) is 7.36. The molecule has 0 bridgehead atoms. The summed E-state index contributed by atoms with van der Waals surface area (Å²) in [6, 6.07) is 8.35. The van der Waals surface area contributed by atoms with Crippen molar-refractivity contribution in [3.05, 3.63) is 52.4 Å². The zero-order valence-electron chi connectivity index (χ0n) is 11.8. The lowest BCUT2D eigenvalue weighted by Gasteiger charge is -2.16. The zero-order chi connectivity index (χ0) is 14.4. The number of benzene rings is 1. The van der Waals surface area contributed by atoms with Gasteiger partial charge >= 0.3 is 0 Å². The van der Waals surface area contributed by atoms with Crippen molar-refractivity contribution in [2.24, 2.45) is 0 Å². The first kappa shape index (κ1) is 14.9. The van der Waals surface area contributed by atoms with E-state index in [1.54, 1.807) is 6.20 Å². The summed E-state index contributed by atoms with van der Waals surface area (Å²) in [5.41, 5.74) is 2.25. The van der Waals surface area contributed by atoms with Crippen LogP contribution in [0.15, 0.2) is 41.1 Å². The molecule has 0 fully saturated rings. The molecule has 4 nitrogen and oxygen atoms in total. The van der Waals surface area contributed by atoms with Crippen LogP contribution >= 0.6 is 15.9 Å². The van der Waals surface area contributed by atoms with Crippen LogP contribution in [0, 0.1) is 0 Å². The summed E-state index contributed by atoms with van der Waals surface area (Å²) < 4.78 is 1.11. The predicted molar refractivity (Wildman–Crippen MR) is 85.5 cm³/mol. The summed E-state index contributed by atoms with van der Waals surface area (Å²) in [4.78, 5) is 11.0. The van der Waals surface area contributed by atoms with Crippen LogP contribution in [0.3, 0.4) is 0 Å². The first-order valence-corrected chi connectivity index (χ1v) is 7.44. The van der Waals surface area contributed by atoms with Gasteiger partial charge in [0.2, 0.25) is 0 Å². The standard InChI is InChI=1S/C15H19BrN4/c1-3-17-15-9-18-14(8-19-15)11-20(2)10-12-5-4-6-13(16)7-12/h4-9H,3,10-11H2,1-2H3,(H,17,19). The van der Waals surface area contributed by atoms with Crippen molar-refractivity contribution >= 4 is 21.7 Å². The second-order valence-corrected chi connectivity index (χ2v) is 5.64. The molecular weight excluding hydrogens is 316 g/mol. The highest BCUT2D eigenvalue weighted by Crippen LogP contribution is 2.13. The lowest BCUT2D eigenvalue weighted by atomic mass is 10.2. The molecule has 5 heteroatoms. The molecule has 1 aromatic carbocycles. The fourth-order valence-electron chi connectivity index (χ4n) is 1.99. The van der Waals surface area contributed by atoms with Crippen molar-refractivity contribution in [2.75, 3.05) is 18.9 Å². The summed E-state index contributed by atoms with van der Waals surface area (Å²) in [6.07, 6.45) is 3.61. The van der Waals surface area contributed by atoms with Crippen LogP contribution in [-0.2, 0) is 13.1 Å². The van der Waals surface area contributed by atoms with E-state index < -0.39 is 0 Å². The molecule has 0 saturated carbocycles. The maximum absolute atomic E-state index is 4.42. The molecule has 2 rings (SSSR count). The molecule has 0 radical (unpaired) electrons. The largest absolute Gasteiger partial charge is 0.369 e. The molecule has 0 aliphatic rings. The number of hydrogen-bond donors (Lipinski definition) is 1. The maximum atomic E-state index is 4.42. The Balaban J connectivity index is 1.92. The molecule has 1 aromatic heterocycles. The smallest absolute Gasteiger partial charge is 0.144 e. The van der Waals surface area contributed by atoms with Crippen LogP contribution in [-0.4, -0.2) is 28.5 Å². The van der Waals surface area contributed by atoms with E-state index in [1.165, 1.54) is 5.56 Å². The van der Waals surface area contributed by atoms with Gasteiger partial charge in [0.1, 0.15) is 5.82 Å². The van der Waals surface area contributed by atoms with Crippen LogP contribution in [0.5, 0.6) is 0 Å². The Bertz CT molecular complexity index is 542. The van der Waals surface area contributed by atoms with Gasteiger partial charge in [-0.05, 0) is 31.7 Å². The molecule has 1 N–H and O–H groups in total. The van der Waals surface area contributed by atoms with Gasteiger partial charge in [0.25, 0.3) is 0 Å². The monoisotopic (exact) mass is 334 g/mol. The van der Waals surface area contributed by atoms with Crippen LogP contribution < -0.4 is 5.32 Å². The Hall–Kier alpha value is -1.46. The highest BCUT2D eigenvalue weighted by atomic mass is 79.9. The van der Waals surface area contributed by atoms with E-state index in [4.69, 9.17) is 0 Å². The molecule has 0 aliphatic carbocycles. The minimum atomic E-state index is 0.784. The summed E-state index contributed by atoms with van der Waals surface area (Å²) in [6.45, 7) is 4.57. The number of hydrogen-bond acceptors (Lipinski definition) is 4. The molecular formula is C15H19BrN4. The van der Waals surface area contributed by atoms with Gasteiger partial charge in [-0.15, -0.1) is 0 Å². The van der Waals surface area contributed by atoms with Crippen molar-refractivity contribution < 1.29 is 0 Å². The number of aromatic nitrogens is 2. The van der Waals surface area contributed by atoms with Crippen LogP contribution in [0.1, 0.15) is 18.2 Å². The van der Waals surface area contributed by atoms with Crippen LogP contribution in [0.2, 0.25) is 0 Å². The SMILES string of the molecule is CCNc1cnc(CN(C)Cc2cccc(Br)c2)cn1. The number of nitrogens with zero attached hydrogens (tertiary/aromatic N) is 3. The highest BCUT2D eigenvalue weighted by Gasteiger charge is 2.04. The Kier molecular flexibility index (Phi) is 5.49. The summed E-state index contributed by atoms with van der Waals surface area (Å²) in [7, 11) is 2.08. The second-order valence-electron chi connectivity index (χ2n) is 4.73. The van der Waals surface area contributed by atoms with E-state index in [-0.39, 0.29) is 0 Å². The van der Waals surface area contributed by atoms with Gasteiger partial charge in [-0.2, -0.15) is 0 Å². The van der Waals surface area contributed by atoms with E-state index in [0.717, 1.165) is 35.6 Å². The quantitative estimate of drug-likeness (QED) is 0.879. The molecule has 0 aliphatic heterocycles. The van der Waals surface area contributed by atoms with Gasteiger partial charge in [0, 0.05) is 24.1 Å². The fraction of sp³-hybridized carbons (Fsp3) is 0.333. The molecule has 20 heavy (non-hydrogen) atoms. The zero-order valence-corrected chi connectivity index (χ0v) is 13.4. The third-order valence-electron chi connectivity index (χ3n) is 2.84. The molecule has 0 amide bonds. The van der Waals surface area contributed by atoms with Crippen molar-refractivity contribution in [3.8, 4) is 0 Å². The number of halogens is 1. The van der Waals surface area contributed by atoms with Gasteiger partial charge in [0.05, 0.1) is 18.1 Å². The van der Waals surface area contributed by atoms with Gasteiger partial charge in [-0.1, -0.05) is 28.1 Å². The Morgan fingerprint density at radius 2 is 2.05 bits per heavy atom. The normalized spacial score (nSPS) is 10.8. The lowest BCUT2D eigenvalue weighted by molar-refractivity contribution is 0.314. The highest BCUT2D eigenvalue weighted by molar-refractivity contribution is 9.10. The molecule has 1 heterocycles. The third-order valence-corrected chi connectivity index (χ3v) is 3.33. The summed E-state index contributed by atoms with van der Waals surface area (Å²) in [5, 5.41) is 3.14. The minimum absolute atomic E-state index is 0.784. The average molecular weight is 335 g/mol. The Morgan fingerprint density at radius 3 is 2.70 bits per heavy atom. The Labute approximate surface area is 128 Å². The first-order valence-electron chi connectivity index (χ1n) is 6.65. The Morgan fingerprint density at radius 1 is 1.20 bits per heavy atom. The van der Waals surface area contributed by atoms with Crippen molar-refractivity contribution in [1.82, 2.24) is 14.9 Å². The first-order chi connectivity index (χ1) is 9.67. The molecule has 0 atom stereocenters. The topological polar surface area (TPSA) is 41.1 Å². The molecule has 0 saturated heterocycles. The van der Waals surface area contributed by atoms with E-state index >= 15 is 0 Å². The molecule has 106 valence electrons. The number of anilines is 1. The van der Waals surface area contributed by atoms with Crippen molar-refractivity contribution in [3.63, 3.8) is 0 Å². The lowest BCUT2D eigenvalue weighted by Crippen LogP contribution is -2.18. The molecule has 0 spiro atoms.